The summed E-state index contributed by atoms with van der Waals surface area (Å²) in [5, 5.41) is 9.91. The molecule has 7 heteroatoms. The molecule has 1 heterocycles. The Labute approximate surface area is 203 Å². The van der Waals surface area contributed by atoms with Gasteiger partial charge in [-0.25, -0.2) is 0 Å². The maximum absolute atomic E-state index is 13.2. The van der Waals surface area contributed by atoms with Crippen LogP contribution in [-0.4, -0.2) is 47.0 Å². The molecule has 2 amide bonds. The average molecular weight is 474 g/mol. The number of methoxy groups -OCH3 is 1. The predicted molar refractivity (Wildman–Crippen MR) is 128 cm³/mol. The number of phenolic OH excluding ortho intramolecular Hbond substituents is 1. The number of carbonyl (C=O) groups excluding carboxylic acids is 4. The number of Topliss-reactive ketones (excluding diaryl/α,β-unsaturated/α-hetero) is 1. The summed E-state index contributed by atoms with van der Waals surface area (Å²) in [6.07, 6.45) is 7.81. The molecule has 0 bridgehead atoms. The Kier molecular flexibility index (Phi) is 5.58. The van der Waals surface area contributed by atoms with Gasteiger partial charge in [-0.1, -0.05) is 29.9 Å². The SMILES string of the molecule is CCN1C(=O)C2CC=C3C(C=Cc4ccc(O)c(OC)c4)C4=C(CC3C2C1=O)C(=O)C(C)=CC4=O. The summed E-state index contributed by atoms with van der Waals surface area (Å²) >= 11 is 0. The fourth-order valence-corrected chi connectivity index (χ4v) is 6.04. The van der Waals surface area contributed by atoms with Crippen molar-refractivity contribution in [2.24, 2.45) is 23.7 Å². The monoisotopic (exact) mass is 473 g/mol. The van der Waals surface area contributed by atoms with E-state index in [1.165, 1.54) is 24.2 Å². The van der Waals surface area contributed by atoms with Gasteiger partial charge in [0.05, 0.1) is 18.9 Å². The molecule has 3 aliphatic carbocycles. The number of carbonyl (C=O) groups is 4. The average Bonchev–Trinajstić information content (AvgIpc) is 3.10. The molecular formula is C28H27NO6. The van der Waals surface area contributed by atoms with Crippen molar-refractivity contribution in [3.8, 4) is 11.5 Å². The highest BCUT2D eigenvalue weighted by Crippen LogP contribution is 2.52. The molecule has 1 fully saturated rings. The molecule has 35 heavy (non-hydrogen) atoms. The van der Waals surface area contributed by atoms with Crippen molar-refractivity contribution in [3.63, 3.8) is 0 Å². The molecule has 0 radical (unpaired) electrons. The van der Waals surface area contributed by atoms with Crippen LogP contribution in [0.3, 0.4) is 0 Å². The summed E-state index contributed by atoms with van der Waals surface area (Å²) in [4.78, 5) is 53.7. The van der Waals surface area contributed by atoms with Crippen molar-refractivity contribution in [2.45, 2.75) is 26.7 Å². The minimum absolute atomic E-state index is 0.0203. The van der Waals surface area contributed by atoms with Crippen LogP contribution in [0, 0.1) is 23.7 Å². The molecule has 4 unspecified atom stereocenters. The molecular weight excluding hydrogens is 446 g/mol. The summed E-state index contributed by atoms with van der Waals surface area (Å²) in [5.41, 5.74) is 2.96. The first-order valence-corrected chi connectivity index (χ1v) is 11.9. The zero-order chi connectivity index (χ0) is 25.0. The van der Waals surface area contributed by atoms with Gasteiger partial charge < -0.3 is 9.84 Å². The Morgan fingerprint density at radius 1 is 1.14 bits per heavy atom. The zero-order valence-corrected chi connectivity index (χ0v) is 19.9. The summed E-state index contributed by atoms with van der Waals surface area (Å²) in [6.45, 7) is 3.75. The lowest BCUT2D eigenvalue weighted by atomic mass is 9.60. The van der Waals surface area contributed by atoms with Gasteiger partial charge in [-0.05, 0) is 56.4 Å². The number of phenols is 1. The van der Waals surface area contributed by atoms with Crippen LogP contribution in [0.15, 0.2) is 58.7 Å². The zero-order valence-electron chi connectivity index (χ0n) is 19.9. The Hall–Kier alpha value is -3.74. The summed E-state index contributed by atoms with van der Waals surface area (Å²) in [7, 11) is 1.47. The van der Waals surface area contributed by atoms with Crippen LogP contribution in [0.1, 0.15) is 32.3 Å². The second kappa shape index (κ2) is 8.48. The Balaban J connectivity index is 1.61. The number of aromatic hydroxyl groups is 1. The van der Waals surface area contributed by atoms with Gasteiger partial charge in [0, 0.05) is 29.2 Å². The normalized spacial score (nSPS) is 28.1. The number of nitrogens with zero attached hydrogens (tertiary/aromatic N) is 1. The number of hydrogen-bond donors (Lipinski definition) is 1. The van der Waals surface area contributed by atoms with Crippen molar-refractivity contribution in [2.75, 3.05) is 13.7 Å². The van der Waals surface area contributed by atoms with Gasteiger partial charge in [0.1, 0.15) is 0 Å². The lowest BCUT2D eigenvalue weighted by Crippen LogP contribution is -2.40. The van der Waals surface area contributed by atoms with Crippen LogP contribution in [-0.2, 0) is 19.2 Å². The van der Waals surface area contributed by atoms with Crippen LogP contribution in [0.2, 0.25) is 0 Å². The van der Waals surface area contributed by atoms with E-state index in [1.54, 1.807) is 26.0 Å². The van der Waals surface area contributed by atoms with Gasteiger partial charge in [0.15, 0.2) is 23.1 Å². The van der Waals surface area contributed by atoms with Gasteiger partial charge in [-0.2, -0.15) is 0 Å². The van der Waals surface area contributed by atoms with E-state index < -0.39 is 17.8 Å². The highest BCUT2D eigenvalue weighted by molar-refractivity contribution is 6.23. The highest BCUT2D eigenvalue weighted by Gasteiger charge is 2.55. The smallest absolute Gasteiger partial charge is 0.233 e. The highest BCUT2D eigenvalue weighted by atomic mass is 16.5. The van der Waals surface area contributed by atoms with Crippen molar-refractivity contribution in [3.05, 3.63) is 64.3 Å². The second-order valence-corrected chi connectivity index (χ2v) is 9.48. The molecule has 7 nitrogen and oxygen atoms in total. The number of fused-ring (bicyclic) bond motifs is 3. The largest absolute Gasteiger partial charge is 0.504 e. The minimum atomic E-state index is -0.518. The molecule has 5 rings (SSSR count). The minimum Gasteiger partial charge on any atom is -0.504 e. The van der Waals surface area contributed by atoms with E-state index in [-0.39, 0.29) is 41.5 Å². The number of rotatable bonds is 4. The molecule has 4 atom stereocenters. The molecule has 1 aliphatic heterocycles. The molecule has 0 aromatic heterocycles. The molecule has 0 saturated carbocycles. The van der Waals surface area contributed by atoms with Crippen molar-refractivity contribution >= 4 is 29.5 Å². The van der Waals surface area contributed by atoms with E-state index in [0.717, 1.165) is 11.1 Å². The lowest BCUT2D eigenvalue weighted by molar-refractivity contribution is -0.139. The van der Waals surface area contributed by atoms with Crippen LogP contribution in [0.5, 0.6) is 11.5 Å². The number of hydrogen-bond acceptors (Lipinski definition) is 6. The summed E-state index contributed by atoms with van der Waals surface area (Å²) in [6, 6.07) is 4.94. The summed E-state index contributed by atoms with van der Waals surface area (Å²) in [5.74, 6) is -2.09. The lowest BCUT2D eigenvalue weighted by Gasteiger charge is -2.41. The van der Waals surface area contributed by atoms with Crippen molar-refractivity contribution in [1.82, 2.24) is 4.90 Å². The van der Waals surface area contributed by atoms with Gasteiger partial charge in [-0.3, -0.25) is 24.1 Å². The topological polar surface area (TPSA) is 101 Å². The third-order valence-electron chi connectivity index (χ3n) is 7.70. The molecule has 1 aromatic carbocycles. The fourth-order valence-electron chi connectivity index (χ4n) is 6.04. The quantitative estimate of drug-likeness (QED) is 0.409. The maximum atomic E-state index is 13.2. The number of ether oxygens (including phenoxy) is 1. The first-order chi connectivity index (χ1) is 16.8. The number of amides is 2. The number of imide groups is 1. The number of allylic oxidation sites excluding steroid dienone is 7. The van der Waals surface area contributed by atoms with E-state index in [2.05, 4.69) is 0 Å². The third-order valence-corrected chi connectivity index (χ3v) is 7.70. The third kappa shape index (κ3) is 3.49. The molecule has 0 spiro atoms. The van der Waals surface area contributed by atoms with E-state index in [9.17, 15) is 24.3 Å². The summed E-state index contributed by atoms with van der Waals surface area (Å²) < 4.78 is 5.20. The van der Waals surface area contributed by atoms with E-state index in [0.29, 0.717) is 35.4 Å². The predicted octanol–water partition coefficient (Wildman–Crippen LogP) is 3.40. The van der Waals surface area contributed by atoms with Gasteiger partial charge in [0.2, 0.25) is 11.8 Å². The van der Waals surface area contributed by atoms with Crippen LogP contribution < -0.4 is 4.74 Å². The molecule has 1 saturated heterocycles. The first kappa shape index (κ1) is 23.0. The number of likely N-dealkylation sites (tertiary alicyclic amines) is 1. The Bertz CT molecular complexity index is 1300. The Morgan fingerprint density at radius 2 is 1.91 bits per heavy atom. The number of benzene rings is 1. The molecule has 180 valence electrons. The second-order valence-electron chi connectivity index (χ2n) is 9.48. The van der Waals surface area contributed by atoms with Crippen LogP contribution in [0.25, 0.3) is 6.08 Å². The first-order valence-electron chi connectivity index (χ1n) is 11.9. The van der Waals surface area contributed by atoms with Crippen molar-refractivity contribution in [1.29, 1.82) is 0 Å². The van der Waals surface area contributed by atoms with E-state index in [1.807, 2.05) is 18.2 Å². The van der Waals surface area contributed by atoms with Crippen LogP contribution >= 0.6 is 0 Å². The van der Waals surface area contributed by atoms with Gasteiger partial charge in [0.25, 0.3) is 0 Å². The molecule has 4 aliphatic rings. The van der Waals surface area contributed by atoms with Crippen LogP contribution in [0.4, 0.5) is 0 Å². The molecule has 1 N–H and O–H groups in total. The van der Waals surface area contributed by atoms with E-state index in [4.69, 9.17) is 4.74 Å². The standard InChI is InChI=1S/C28H27NO6/c1-4-29-27(33)18-9-8-16-17(7-5-15-6-10-21(30)23(12-15)35-3)24-20(13-19(16)25(18)28(29)34)26(32)14(2)11-22(24)31/h5-8,10-12,17-19,25,30H,4,9,13H2,1-3H3. The van der Waals surface area contributed by atoms with E-state index >= 15 is 0 Å². The maximum Gasteiger partial charge on any atom is 0.233 e. The van der Waals surface area contributed by atoms with Gasteiger partial charge >= 0.3 is 0 Å². The fraction of sp³-hybridized carbons (Fsp3) is 0.357. The Morgan fingerprint density at radius 3 is 2.63 bits per heavy atom. The molecule has 1 aromatic rings. The van der Waals surface area contributed by atoms with Gasteiger partial charge in [-0.15, -0.1) is 0 Å². The van der Waals surface area contributed by atoms with Crippen molar-refractivity contribution < 1.29 is 29.0 Å². The number of ketones is 2.